The monoisotopic (exact) mass is 375 g/mol. The van der Waals surface area contributed by atoms with Crippen LogP contribution in [-0.2, 0) is 25.5 Å². The van der Waals surface area contributed by atoms with E-state index in [4.69, 9.17) is 0 Å². The van der Waals surface area contributed by atoms with Crippen molar-refractivity contribution < 1.29 is 19.1 Å². The molecule has 0 radical (unpaired) electrons. The van der Waals surface area contributed by atoms with Gasteiger partial charge in [-0.2, -0.15) is 0 Å². The molecule has 148 valence electrons. The molecule has 0 aromatic heterocycles. The van der Waals surface area contributed by atoms with E-state index in [1.807, 2.05) is 0 Å². The van der Waals surface area contributed by atoms with E-state index in [2.05, 4.69) is 27.6 Å². The third-order valence-corrected chi connectivity index (χ3v) is 4.91. The molecule has 7 heteroatoms. The Morgan fingerprint density at radius 1 is 1.22 bits per heavy atom. The first kappa shape index (κ1) is 20.9. The lowest BCUT2D eigenvalue weighted by Crippen LogP contribution is -2.34. The lowest BCUT2D eigenvalue weighted by Gasteiger charge is -2.28. The quantitative estimate of drug-likeness (QED) is 0.598. The van der Waals surface area contributed by atoms with Gasteiger partial charge in [-0.1, -0.05) is 19.1 Å². The van der Waals surface area contributed by atoms with Crippen molar-refractivity contribution in [3.8, 4) is 0 Å². The minimum absolute atomic E-state index is 0.0108. The zero-order chi connectivity index (χ0) is 19.6. The van der Waals surface area contributed by atoms with Gasteiger partial charge in [0.05, 0.1) is 13.5 Å². The molecule has 3 N–H and O–H groups in total. The highest BCUT2D eigenvalue weighted by Gasteiger charge is 2.22. The molecule has 0 bridgehead atoms. The lowest BCUT2D eigenvalue weighted by molar-refractivity contribution is -0.141. The summed E-state index contributed by atoms with van der Waals surface area (Å²) in [6.07, 6.45) is 3.01. The summed E-state index contributed by atoms with van der Waals surface area (Å²) in [4.78, 5) is 35.1. The number of carbonyl (C=O) groups excluding carboxylic acids is 3. The Morgan fingerprint density at radius 3 is 2.59 bits per heavy atom. The third kappa shape index (κ3) is 7.38. The van der Waals surface area contributed by atoms with Gasteiger partial charge in [0, 0.05) is 12.1 Å². The van der Waals surface area contributed by atoms with E-state index < -0.39 is 5.97 Å². The SMILES string of the molecule is COC(=O)CNC(=O)Cc1ccc(NC(=O)CC(C)C2CCCNC2)cc1. The van der Waals surface area contributed by atoms with Gasteiger partial charge in [-0.15, -0.1) is 0 Å². The molecule has 1 fully saturated rings. The van der Waals surface area contributed by atoms with Crippen molar-refractivity contribution in [3.05, 3.63) is 29.8 Å². The Labute approximate surface area is 160 Å². The average molecular weight is 375 g/mol. The highest BCUT2D eigenvalue weighted by atomic mass is 16.5. The second kappa shape index (κ2) is 10.7. The van der Waals surface area contributed by atoms with Crippen LogP contribution in [0.4, 0.5) is 5.69 Å². The predicted octanol–water partition coefficient (Wildman–Crippen LogP) is 1.48. The van der Waals surface area contributed by atoms with Crippen LogP contribution in [0.2, 0.25) is 0 Å². The number of methoxy groups -OCH3 is 1. The normalized spacial score (nSPS) is 17.6. The van der Waals surface area contributed by atoms with Crippen LogP contribution in [0.5, 0.6) is 0 Å². The molecule has 1 aromatic carbocycles. The zero-order valence-corrected chi connectivity index (χ0v) is 16.0. The Balaban J connectivity index is 1.76. The first-order valence-electron chi connectivity index (χ1n) is 9.41. The standard InChI is InChI=1S/C20H29N3O4/c1-14(16-4-3-9-21-12-16)10-19(25)23-17-7-5-15(6-8-17)11-18(24)22-13-20(26)27-2/h5-8,14,16,21H,3-4,9-13H2,1-2H3,(H,22,24)(H,23,25). The van der Waals surface area contributed by atoms with E-state index in [1.165, 1.54) is 20.0 Å². The number of rotatable bonds is 8. The van der Waals surface area contributed by atoms with Gasteiger partial charge < -0.3 is 20.7 Å². The van der Waals surface area contributed by atoms with Crippen LogP contribution in [-0.4, -0.2) is 44.5 Å². The lowest BCUT2D eigenvalue weighted by atomic mass is 9.85. The van der Waals surface area contributed by atoms with Crippen LogP contribution in [0, 0.1) is 11.8 Å². The largest absolute Gasteiger partial charge is 0.468 e. The highest BCUT2D eigenvalue weighted by molar-refractivity contribution is 5.91. The van der Waals surface area contributed by atoms with Crippen molar-refractivity contribution in [3.63, 3.8) is 0 Å². The molecule has 2 rings (SSSR count). The van der Waals surface area contributed by atoms with Crippen molar-refractivity contribution in [1.82, 2.24) is 10.6 Å². The summed E-state index contributed by atoms with van der Waals surface area (Å²) >= 11 is 0. The van der Waals surface area contributed by atoms with E-state index in [9.17, 15) is 14.4 Å². The minimum Gasteiger partial charge on any atom is -0.468 e. The molecular weight excluding hydrogens is 346 g/mol. The number of ether oxygens (including phenoxy) is 1. The second-order valence-electron chi connectivity index (χ2n) is 7.06. The molecule has 27 heavy (non-hydrogen) atoms. The van der Waals surface area contributed by atoms with E-state index in [0.29, 0.717) is 23.9 Å². The van der Waals surface area contributed by atoms with Gasteiger partial charge in [0.2, 0.25) is 11.8 Å². The van der Waals surface area contributed by atoms with E-state index in [1.54, 1.807) is 24.3 Å². The maximum atomic E-state index is 12.3. The Kier molecular flexibility index (Phi) is 8.26. The molecule has 1 aliphatic rings. The van der Waals surface area contributed by atoms with Crippen molar-refractivity contribution in [2.75, 3.05) is 32.1 Å². The zero-order valence-electron chi connectivity index (χ0n) is 16.0. The molecule has 0 aliphatic carbocycles. The average Bonchev–Trinajstić information content (AvgIpc) is 2.68. The topological polar surface area (TPSA) is 96.5 Å². The van der Waals surface area contributed by atoms with E-state index >= 15 is 0 Å². The van der Waals surface area contributed by atoms with Crippen LogP contribution < -0.4 is 16.0 Å². The van der Waals surface area contributed by atoms with Crippen molar-refractivity contribution in [1.29, 1.82) is 0 Å². The maximum Gasteiger partial charge on any atom is 0.325 e. The number of hydrogen-bond acceptors (Lipinski definition) is 5. The van der Waals surface area contributed by atoms with Crippen LogP contribution in [0.1, 0.15) is 31.7 Å². The summed E-state index contributed by atoms with van der Waals surface area (Å²) in [6, 6.07) is 7.16. The van der Waals surface area contributed by atoms with E-state index in [-0.39, 0.29) is 24.8 Å². The van der Waals surface area contributed by atoms with Crippen LogP contribution in [0.3, 0.4) is 0 Å². The van der Waals surface area contributed by atoms with Gasteiger partial charge in [0.25, 0.3) is 0 Å². The molecule has 0 spiro atoms. The molecule has 1 aromatic rings. The fourth-order valence-electron chi connectivity index (χ4n) is 3.23. The predicted molar refractivity (Wildman–Crippen MR) is 103 cm³/mol. The van der Waals surface area contributed by atoms with Crippen LogP contribution >= 0.6 is 0 Å². The molecular formula is C20H29N3O4. The number of piperidine rings is 1. The summed E-state index contributed by atoms with van der Waals surface area (Å²) in [6.45, 7) is 4.05. The number of amides is 2. The number of benzene rings is 1. The highest BCUT2D eigenvalue weighted by Crippen LogP contribution is 2.23. The molecule has 7 nitrogen and oxygen atoms in total. The van der Waals surface area contributed by atoms with Gasteiger partial charge in [0.1, 0.15) is 6.54 Å². The fourth-order valence-corrected chi connectivity index (χ4v) is 3.23. The first-order chi connectivity index (χ1) is 13.0. The second-order valence-corrected chi connectivity index (χ2v) is 7.06. The summed E-state index contributed by atoms with van der Waals surface area (Å²) in [7, 11) is 1.27. The molecule has 2 unspecified atom stereocenters. The Hall–Kier alpha value is -2.41. The molecule has 2 amide bonds. The fraction of sp³-hybridized carbons (Fsp3) is 0.550. The number of anilines is 1. The summed E-state index contributed by atoms with van der Waals surface area (Å²) < 4.78 is 4.47. The van der Waals surface area contributed by atoms with Crippen molar-refractivity contribution >= 4 is 23.5 Å². The van der Waals surface area contributed by atoms with Gasteiger partial charge in [-0.3, -0.25) is 14.4 Å². The Bertz CT molecular complexity index is 639. The molecule has 0 saturated carbocycles. The first-order valence-corrected chi connectivity index (χ1v) is 9.41. The van der Waals surface area contributed by atoms with Crippen LogP contribution in [0.25, 0.3) is 0 Å². The summed E-state index contributed by atoms with van der Waals surface area (Å²) in [5.41, 5.74) is 1.52. The van der Waals surface area contributed by atoms with Crippen molar-refractivity contribution in [2.24, 2.45) is 11.8 Å². The number of nitrogens with one attached hydrogen (secondary N) is 3. The summed E-state index contributed by atoms with van der Waals surface area (Å²) in [5, 5.41) is 8.80. The van der Waals surface area contributed by atoms with Gasteiger partial charge in [0.15, 0.2) is 0 Å². The van der Waals surface area contributed by atoms with Gasteiger partial charge >= 0.3 is 5.97 Å². The van der Waals surface area contributed by atoms with Gasteiger partial charge in [-0.25, -0.2) is 0 Å². The number of carbonyl (C=O) groups is 3. The van der Waals surface area contributed by atoms with Crippen molar-refractivity contribution in [2.45, 2.75) is 32.6 Å². The minimum atomic E-state index is -0.486. The van der Waals surface area contributed by atoms with Crippen LogP contribution in [0.15, 0.2) is 24.3 Å². The molecule has 1 aliphatic heterocycles. The third-order valence-electron chi connectivity index (χ3n) is 4.91. The smallest absolute Gasteiger partial charge is 0.325 e. The molecule has 2 atom stereocenters. The molecule has 1 saturated heterocycles. The van der Waals surface area contributed by atoms with Gasteiger partial charge in [-0.05, 0) is 55.5 Å². The Morgan fingerprint density at radius 2 is 1.96 bits per heavy atom. The molecule has 1 heterocycles. The van der Waals surface area contributed by atoms with E-state index in [0.717, 1.165) is 18.7 Å². The summed E-state index contributed by atoms with van der Waals surface area (Å²) in [5.74, 6) is 0.161. The number of esters is 1. The maximum absolute atomic E-state index is 12.3. The number of hydrogen-bond donors (Lipinski definition) is 3.